The quantitative estimate of drug-likeness (QED) is 0.884. The molecule has 1 heterocycles. The summed E-state index contributed by atoms with van der Waals surface area (Å²) in [5.41, 5.74) is 5.73. The Morgan fingerprint density at radius 2 is 2.22 bits per heavy atom. The fourth-order valence-electron chi connectivity index (χ4n) is 1.18. The number of aromatic nitrogens is 1. The van der Waals surface area contributed by atoms with Gasteiger partial charge in [0.15, 0.2) is 5.13 Å². The Balaban J connectivity index is 2.69. The van der Waals surface area contributed by atoms with Crippen molar-refractivity contribution in [2.24, 2.45) is 5.73 Å². The molecule has 0 atom stereocenters. The molecule has 0 radical (unpaired) electrons. The summed E-state index contributed by atoms with van der Waals surface area (Å²) in [5.74, 6) is 0. The highest BCUT2D eigenvalue weighted by atomic mass is 32.1. The van der Waals surface area contributed by atoms with Crippen LogP contribution in [0.25, 0.3) is 6.08 Å². The molecule has 18 heavy (non-hydrogen) atoms. The topological polar surface area (TPSA) is 77.2 Å². The number of hydrogen-bond acceptors (Lipinski definition) is 5. The van der Waals surface area contributed by atoms with Crippen LogP contribution in [0.2, 0.25) is 0 Å². The van der Waals surface area contributed by atoms with Gasteiger partial charge in [0.05, 0.1) is 10.6 Å². The van der Waals surface area contributed by atoms with E-state index in [1.54, 1.807) is 0 Å². The van der Waals surface area contributed by atoms with Crippen LogP contribution in [0.3, 0.4) is 0 Å². The normalized spacial score (nSPS) is 11.8. The third-order valence-corrected chi connectivity index (χ3v) is 2.88. The second-order valence-electron chi connectivity index (χ2n) is 4.73. The van der Waals surface area contributed by atoms with Crippen molar-refractivity contribution in [1.82, 2.24) is 4.98 Å². The van der Waals surface area contributed by atoms with Crippen molar-refractivity contribution in [3.8, 4) is 0 Å². The first kappa shape index (κ1) is 14.7. The summed E-state index contributed by atoms with van der Waals surface area (Å²) in [6, 6.07) is 0. The van der Waals surface area contributed by atoms with Crippen LogP contribution in [0.1, 0.15) is 31.3 Å². The number of nitrogens with one attached hydrogen (secondary N) is 1. The average Bonchev–Trinajstić information content (AvgIpc) is 2.52. The third-order valence-electron chi connectivity index (χ3n) is 1.85. The van der Waals surface area contributed by atoms with Gasteiger partial charge < -0.3 is 10.5 Å². The molecule has 0 spiro atoms. The van der Waals surface area contributed by atoms with Crippen molar-refractivity contribution in [1.29, 1.82) is 0 Å². The van der Waals surface area contributed by atoms with Gasteiger partial charge in [-0.3, -0.25) is 5.32 Å². The largest absolute Gasteiger partial charge is 0.444 e. The molecule has 1 aromatic heterocycles. The molecule has 0 fully saturated rings. The fraction of sp³-hybridized carbons (Fsp3) is 0.500. The van der Waals surface area contributed by atoms with Crippen molar-refractivity contribution >= 4 is 28.6 Å². The maximum atomic E-state index is 11.6. The lowest BCUT2D eigenvalue weighted by atomic mass is 10.2. The molecular formula is C12H19N3O2S. The van der Waals surface area contributed by atoms with Gasteiger partial charge in [-0.15, -0.1) is 0 Å². The highest BCUT2D eigenvalue weighted by Crippen LogP contribution is 2.24. The molecule has 1 rings (SSSR count). The SMILES string of the molecule is Cc1nc(NC(=O)OC(C)(C)C)sc1/C=C/CN. The Morgan fingerprint density at radius 3 is 2.78 bits per heavy atom. The first-order valence-corrected chi connectivity index (χ1v) is 6.47. The Bertz CT molecular complexity index is 447. The summed E-state index contributed by atoms with van der Waals surface area (Å²) < 4.78 is 5.15. The molecule has 5 nitrogen and oxygen atoms in total. The average molecular weight is 269 g/mol. The van der Waals surface area contributed by atoms with Crippen molar-refractivity contribution in [2.45, 2.75) is 33.3 Å². The van der Waals surface area contributed by atoms with Gasteiger partial charge in [-0.2, -0.15) is 0 Å². The first-order valence-electron chi connectivity index (χ1n) is 5.66. The number of nitrogens with zero attached hydrogens (tertiary/aromatic N) is 1. The van der Waals surface area contributed by atoms with Gasteiger partial charge in [-0.05, 0) is 33.8 Å². The molecule has 0 unspecified atom stereocenters. The number of rotatable bonds is 3. The van der Waals surface area contributed by atoms with E-state index in [4.69, 9.17) is 10.5 Å². The molecule has 0 saturated carbocycles. The Morgan fingerprint density at radius 1 is 1.56 bits per heavy atom. The number of hydrogen-bond donors (Lipinski definition) is 2. The summed E-state index contributed by atoms with van der Waals surface area (Å²) in [7, 11) is 0. The lowest BCUT2D eigenvalue weighted by Crippen LogP contribution is -2.27. The predicted octanol–water partition coefficient (Wildman–Crippen LogP) is 2.77. The number of anilines is 1. The lowest BCUT2D eigenvalue weighted by Gasteiger charge is -2.18. The fourth-order valence-corrected chi connectivity index (χ4v) is 2.07. The molecule has 0 aliphatic rings. The van der Waals surface area contributed by atoms with E-state index in [0.29, 0.717) is 11.7 Å². The van der Waals surface area contributed by atoms with Crippen molar-refractivity contribution in [3.05, 3.63) is 16.6 Å². The maximum absolute atomic E-state index is 11.6. The monoisotopic (exact) mass is 269 g/mol. The van der Waals surface area contributed by atoms with Gasteiger partial charge >= 0.3 is 6.09 Å². The number of thiazole rings is 1. The first-order chi connectivity index (χ1) is 8.31. The van der Waals surface area contributed by atoms with Gasteiger partial charge in [0, 0.05) is 6.54 Å². The zero-order chi connectivity index (χ0) is 13.8. The van der Waals surface area contributed by atoms with Gasteiger partial charge in [0.25, 0.3) is 0 Å². The number of nitrogens with two attached hydrogens (primary N) is 1. The zero-order valence-corrected chi connectivity index (χ0v) is 11.9. The molecule has 6 heteroatoms. The van der Waals surface area contributed by atoms with Crippen molar-refractivity contribution < 1.29 is 9.53 Å². The van der Waals surface area contributed by atoms with Crippen molar-refractivity contribution in [3.63, 3.8) is 0 Å². The zero-order valence-electron chi connectivity index (χ0n) is 11.1. The Hall–Kier alpha value is -1.40. The minimum Gasteiger partial charge on any atom is -0.444 e. The summed E-state index contributed by atoms with van der Waals surface area (Å²) in [6.07, 6.45) is 3.25. The van der Waals surface area contributed by atoms with Crippen LogP contribution < -0.4 is 11.1 Å². The smallest absolute Gasteiger partial charge is 0.413 e. The molecule has 0 saturated heterocycles. The van der Waals surface area contributed by atoms with E-state index < -0.39 is 11.7 Å². The minimum absolute atomic E-state index is 0.478. The van der Waals surface area contributed by atoms with Crippen LogP contribution in [0.5, 0.6) is 0 Å². The van der Waals surface area contributed by atoms with Gasteiger partial charge in [0.1, 0.15) is 5.60 Å². The van der Waals surface area contributed by atoms with Crippen molar-refractivity contribution in [2.75, 3.05) is 11.9 Å². The van der Waals surface area contributed by atoms with E-state index in [0.717, 1.165) is 10.6 Å². The number of carbonyl (C=O) groups is 1. The van der Waals surface area contributed by atoms with Gasteiger partial charge in [-0.25, -0.2) is 9.78 Å². The Kier molecular flexibility index (Phi) is 4.86. The Labute approximate surface area is 111 Å². The molecule has 0 bridgehead atoms. The van der Waals surface area contributed by atoms with Crippen LogP contribution in [-0.2, 0) is 4.74 Å². The van der Waals surface area contributed by atoms with Crippen LogP contribution in [0, 0.1) is 6.92 Å². The molecule has 100 valence electrons. The summed E-state index contributed by atoms with van der Waals surface area (Å²) >= 11 is 1.39. The number of amides is 1. The van der Waals surface area contributed by atoms with Crippen LogP contribution in [0.15, 0.2) is 6.08 Å². The van der Waals surface area contributed by atoms with E-state index >= 15 is 0 Å². The second-order valence-corrected chi connectivity index (χ2v) is 5.76. The molecular weight excluding hydrogens is 250 g/mol. The number of ether oxygens (including phenoxy) is 1. The molecule has 3 N–H and O–H groups in total. The molecule has 0 aliphatic carbocycles. The second kappa shape index (κ2) is 5.97. The van der Waals surface area contributed by atoms with Crippen LogP contribution in [0.4, 0.5) is 9.93 Å². The summed E-state index contributed by atoms with van der Waals surface area (Å²) in [4.78, 5) is 16.8. The van der Waals surface area contributed by atoms with Crippen LogP contribution >= 0.6 is 11.3 Å². The minimum atomic E-state index is -0.515. The highest BCUT2D eigenvalue weighted by molar-refractivity contribution is 7.16. The summed E-state index contributed by atoms with van der Waals surface area (Å²) in [5, 5.41) is 3.14. The number of aryl methyl sites for hydroxylation is 1. The van der Waals surface area contributed by atoms with Gasteiger partial charge in [-0.1, -0.05) is 17.4 Å². The maximum Gasteiger partial charge on any atom is 0.413 e. The number of carbonyl (C=O) groups excluding carboxylic acids is 1. The molecule has 1 amide bonds. The van der Waals surface area contributed by atoms with E-state index in [9.17, 15) is 4.79 Å². The lowest BCUT2D eigenvalue weighted by molar-refractivity contribution is 0.0636. The summed E-state index contributed by atoms with van der Waals surface area (Å²) in [6.45, 7) is 7.80. The molecule has 0 aliphatic heterocycles. The van der Waals surface area contributed by atoms with E-state index in [-0.39, 0.29) is 0 Å². The van der Waals surface area contributed by atoms with E-state index in [2.05, 4.69) is 10.3 Å². The van der Waals surface area contributed by atoms with E-state index in [1.165, 1.54) is 11.3 Å². The molecule has 1 aromatic rings. The third kappa shape index (κ3) is 4.85. The molecule has 0 aromatic carbocycles. The van der Waals surface area contributed by atoms with E-state index in [1.807, 2.05) is 39.8 Å². The predicted molar refractivity (Wildman–Crippen MR) is 74.8 cm³/mol. The standard InChI is InChI=1S/C12H19N3O2S/c1-8-9(6-5-7-13)18-10(14-8)15-11(16)17-12(2,3)4/h5-6H,7,13H2,1-4H3,(H,14,15,16)/b6-5+. The van der Waals surface area contributed by atoms with Gasteiger partial charge in [0.2, 0.25) is 0 Å². The van der Waals surface area contributed by atoms with Crippen LogP contribution in [-0.4, -0.2) is 23.2 Å². The highest BCUT2D eigenvalue weighted by Gasteiger charge is 2.17.